The topological polar surface area (TPSA) is 90.7 Å². The summed E-state index contributed by atoms with van der Waals surface area (Å²) < 4.78 is 5.13. The number of rotatable bonds is 6. The van der Waals surface area contributed by atoms with E-state index in [4.69, 9.17) is 16.2 Å². The number of nitrogen functional groups attached to an aromatic ring is 1. The Bertz CT molecular complexity index is 817. The standard InChI is InChI=1S/C20H21N3O2/c1-23-17(9-12-20(24)15-3-7-16(21)8-4-15)13-19(22)14-5-10-18(25-2)11-6-14/h3-13H,21-22H2,1-2H3/b12-9+,19-13?,23-17?. The molecule has 2 aromatic rings. The summed E-state index contributed by atoms with van der Waals surface area (Å²) in [6.45, 7) is 0. The molecule has 0 aliphatic carbocycles. The number of carbonyl (C=O) groups is 1. The van der Waals surface area contributed by atoms with Gasteiger partial charge in [-0.2, -0.15) is 0 Å². The third kappa shape index (κ3) is 5.07. The first-order valence-corrected chi connectivity index (χ1v) is 7.70. The van der Waals surface area contributed by atoms with Crippen LogP contribution < -0.4 is 16.2 Å². The molecule has 0 unspecified atom stereocenters. The second-order valence-electron chi connectivity index (χ2n) is 5.30. The molecule has 0 amide bonds. The maximum absolute atomic E-state index is 12.2. The third-order valence-electron chi connectivity index (χ3n) is 3.59. The number of benzene rings is 2. The predicted molar refractivity (Wildman–Crippen MR) is 103 cm³/mol. The lowest BCUT2D eigenvalue weighted by Crippen LogP contribution is -2.01. The lowest BCUT2D eigenvalue weighted by atomic mass is 10.1. The molecule has 0 saturated heterocycles. The van der Waals surface area contributed by atoms with Gasteiger partial charge in [-0.25, -0.2) is 0 Å². The van der Waals surface area contributed by atoms with Gasteiger partial charge in [-0.1, -0.05) is 0 Å². The van der Waals surface area contributed by atoms with Crippen LogP contribution in [0.4, 0.5) is 5.69 Å². The number of nitrogens with zero attached hydrogens (tertiary/aromatic N) is 1. The highest BCUT2D eigenvalue weighted by molar-refractivity contribution is 6.13. The van der Waals surface area contributed by atoms with Crippen molar-refractivity contribution in [2.45, 2.75) is 0 Å². The van der Waals surface area contributed by atoms with Gasteiger partial charge in [0, 0.05) is 24.0 Å². The third-order valence-corrected chi connectivity index (χ3v) is 3.59. The Morgan fingerprint density at radius 2 is 1.60 bits per heavy atom. The van der Waals surface area contributed by atoms with Crippen LogP contribution in [0.1, 0.15) is 15.9 Å². The normalized spacial score (nSPS) is 12.4. The molecule has 4 N–H and O–H groups in total. The molecule has 0 spiro atoms. The van der Waals surface area contributed by atoms with Crippen molar-refractivity contribution in [2.75, 3.05) is 19.9 Å². The first-order chi connectivity index (χ1) is 12.0. The number of nitrogens with two attached hydrogens (primary N) is 2. The first-order valence-electron chi connectivity index (χ1n) is 7.70. The molecule has 0 atom stereocenters. The van der Waals surface area contributed by atoms with Crippen molar-refractivity contribution >= 4 is 22.9 Å². The van der Waals surface area contributed by atoms with Gasteiger partial charge in [0.1, 0.15) is 5.75 Å². The SMILES string of the molecule is CN=C(C=C(N)c1ccc(OC)cc1)/C=C/C(=O)c1ccc(N)cc1. The summed E-state index contributed by atoms with van der Waals surface area (Å²) in [7, 11) is 3.25. The zero-order chi connectivity index (χ0) is 18.2. The van der Waals surface area contributed by atoms with Crippen molar-refractivity contribution in [3.63, 3.8) is 0 Å². The lowest BCUT2D eigenvalue weighted by Gasteiger charge is -2.04. The summed E-state index contributed by atoms with van der Waals surface area (Å²) in [4.78, 5) is 16.3. The number of methoxy groups -OCH3 is 1. The zero-order valence-corrected chi connectivity index (χ0v) is 14.3. The summed E-state index contributed by atoms with van der Waals surface area (Å²) in [5, 5.41) is 0. The van der Waals surface area contributed by atoms with Gasteiger partial charge in [-0.05, 0) is 72.3 Å². The fourth-order valence-electron chi connectivity index (χ4n) is 2.12. The average molecular weight is 335 g/mol. The molecule has 0 saturated carbocycles. The van der Waals surface area contributed by atoms with Gasteiger partial charge in [-0.15, -0.1) is 0 Å². The van der Waals surface area contributed by atoms with E-state index in [9.17, 15) is 4.79 Å². The van der Waals surface area contributed by atoms with Crippen LogP contribution in [0.25, 0.3) is 5.70 Å². The van der Waals surface area contributed by atoms with Crippen molar-refractivity contribution in [3.05, 3.63) is 77.9 Å². The van der Waals surface area contributed by atoms with Crippen molar-refractivity contribution < 1.29 is 9.53 Å². The first kappa shape index (κ1) is 18.0. The molecule has 0 aliphatic rings. The van der Waals surface area contributed by atoms with Gasteiger partial charge >= 0.3 is 0 Å². The molecule has 0 radical (unpaired) electrons. The predicted octanol–water partition coefficient (Wildman–Crippen LogP) is 3.09. The van der Waals surface area contributed by atoms with E-state index in [0.29, 0.717) is 22.7 Å². The minimum Gasteiger partial charge on any atom is -0.497 e. The largest absolute Gasteiger partial charge is 0.497 e. The maximum Gasteiger partial charge on any atom is 0.185 e. The van der Waals surface area contributed by atoms with Crippen molar-refractivity contribution in [1.82, 2.24) is 0 Å². The molecule has 5 heteroatoms. The number of ether oxygens (including phenoxy) is 1. The Balaban J connectivity index is 2.13. The summed E-state index contributed by atoms with van der Waals surface area (Å²) in [6, 6.07) is 14.1. The van der Waals surface area contributed by atoms with Crippen molar-refractivity contribution in [3.8, 4) is 5.75 Å². The molecule has 2 aromatic carbocycles. The van der Waals surface area contributed by atoms with E-state index in [1.807, 2.05) is 24.3 Å². The summed E-state index contributed by atoms with van der Waals surface area (Å²) in [5.74, 6) is 0.632. The number of allylic oxidation sites excluding steroid dienone is 3. The van der Waals surface area contributed by atoms with E-state index in [1.165, 1.54) is 6.08 Å². The molecule has 0 bridgehead atoms. The van der Waals surface area contributed by atoms with Crippen LogP contribution in [0.2, 0.25) is 0 Å². The summed E-state index contributed by atoms with van der Waals surface area (Å²) in [5.41, 5.74) is 14.9. The molecule has 0 heterocycles. The van der Waals surface area contributed by atoms with Gasteiger partial charge in [0.15, 0.2) is 5.78 Å². The monoisotopic (exact) mass is 335 g/mol. The number of hydrogen-bond donors (Lipinski definition) is 2. The van der Waals surface area contributed by atoms with Crippen LogP contribution in [0.3, 0.4) is 0 Å². The van der Waals surface area contributed by atoms with Gasteiger partial charge < -0.3 is 16.2 Å². The van der Waals surface area contributed by atoms with E-state index in [0.717, 1.165) is 11.3 Å². The molecule has 128 valence electrons. The van der Waals surface area contributed by atoms with Crippen LogP contribution in [0.5, 0.6) is 5.75 Å². The highest BCUT2D eigenvalue weighted by Crippen LogP contribution is 2.15. The zero-order valence-electron chi connectivity index (χ0n) is 14.3. The van der Waals surface area contributed by atoms with Gasteiger partial charge in [0.05, 0.1) is 12.8 Å². The number of aliphatic imine (C=N–C) groups is 1. The Labute approximate surface area is 147 Å². The van der Waals surface area contributed by atoms with Gasteiger partial charge in [-0.3, -0.25) is 9.79 Å². The fourth-order valence-corrected chi connectivity index (χ4v) is 2.12. The summed E-state index contributed by atoms with van der Waals surface area (Å²) in [6.07, 6.45) is 4.81. The molecule has 2 rings (SSSR count). The van der Waals surface area contributed by atoms with Crippen LogP contribution >= 0.6 is 0 Å². The van der Waals surface area contributed by atoms with Gasteiger partial charge in [0.2, 0.25) is 0 Å². The number of anilines is 1. The molecule has 0 fully saturated rings. The molecular weight excluding hydrogens is 314 g/mol. The molecule has 25 heavy (non-hydrogen) atoms. The average Bonchev–Trinajstić information content (AvgIpc) is 2.65. The van der Waals surface area contributed by atoms with Crippen LogP contribution in [-0.2, 0) is 0 Å². The fraction of sp³-hybridized carbons (Fsp3) is 0.100. The number of hydrogen-bond acceptors (Lipinski definition) is 5. The Hall–Kier alpha value is -3.34. The van der Waals surface area contributed by atoms with E-state index < -0.39 is 0 Å². The van der Waals surface area contributed by atoms with Crippen molar-refractivity contribution in [1.29, 1.82) is 0 Å². The van der Waals surface area contributed by atoms with Crippen LogP contribution in [0.15, 0.2) is 71.8 Å². The number of carbonyl (C=O) groups excluding carboxylic acids is 1. The lowest BCUT2D eigenvalue weighted by molar-refractivity contribution is 0.104. The number of ketones is 1. The Morgan fingerprint density at radius 1 is 1.00 bits per heavy atom. The second-order valence-corrected chi connectivity index (χ2v) is 5.30. The Morgan fingerprint density at radius 3 is 2.16 bits per heavy atom. The Kier molecular flexibility index (Phi) is 6.12. The van der Waals surface area contributed by atoms with Crippen molar-refractivity contribution in [2.24, 2.45) is 10.7 Å². The van der Waals surface area contributed by atoms with Crippen LogP contribution in [0, 0.1) is 0 Å². The quantitative estimate of drug-likeness (QED) is 0.367. The highest BCUT2D eigenvalue weighted by Gasteiger charge is 2.02. The van der Waals surface area contributed by atoms with Gasteiger partial charge in [0.25, 0.3) is 0 Å². The van der Waals surface area contributed by atoms with Crippen LogP contribution in [-0.4, -0.2) is 25.7 Å². The van der Waals surface area contributed by atoms with E-state index in [1.54, 1.807) is 50.6 Å². The van der Waals surface area contributed by atoms with E-state index in [2.05, 4.69) is 4.99 Å². The van der Waals surface area contributed by atoms with E-state index >= 15 is 0 Å². The smallest absolute Gasteiger partial charge is 0.185 e. The maximum atomic E-state index is 12.2. The second kappa shape index (κ2) is 8.49. The summed E-state index contributed by atoms with van der Waals surface area (Å²) >= 11 is 0. The molecule has 0 aromatic heterocycles. The van der Waals surface area contributed by atoms with E-state index in [-0.39, 0.29) is 5.78 Å². The highest BCUT2D eigenvalue weighted by atomic mass is 16.5. The molecule has 0 aliphatic heterocycles. The minimum absolute atomic E-state index is 0.127. The molecule has 5 nitrogen and oxygen atoms in total. The molecular formula is C20H21N3O2. The minimum atomic E-state index is -0.127.